The number of rotatable bonds is 4. The molecule has 0 aromatic carbocycles. The third-order valence-corrected chi connectivity index (χ3v) is 14.9. The maximum Gasteiger partial charge on any atom is 0.312 e. The lowest BCUT2D eigenvalue weighted by Gasteiger charge is -2.71. The molecule has 5 aliphatic carbocycles. The maximum atomic E-state index is 13.2. The highest BCUT2D eigenvalue weighted by Crippen LogP contribution is 2.76. The molecule has 1 saturated heterocycles. The lowest BCUT2D eigenvalue weighted by atomic mass is 9.33. The van der Waals surface area contributed by atoms with E-state index in [1.54, 1.807) is 6.92 Å². The average Bonchev–Trinajstić information content (AvgIpc) is 2.94. The summed E-state index contributed by atoms with van der Waals surface area (Å²) in [6.07, 6.45) is 0.607. The summed E-state index contributed by atoms with van der Waals surface area (Å²) in [5.74, 6) is -2.27. The van der Waals surface area contributed by atoms with E-state index in [2.05, 4.69) is 40.7 Å². The SMILES string of the molecule is CC1(C)CC[C@]2(C(=O)O)[C@H](O)C[C@]3(C)C(=CC[C@H]4[C@@]5(C)CC[C@H](O[C@@H]6OC[C@@H](O)[C@H](O)[C@H]6O)[C@@](C)(C(=O)O)[C@H]5CC[C@]43C)[C@@H]2C1. The minimum atomic E-state index is -1.50. The number of carbonyl (C=O) groups is 2. The van der Waals surface area contributed by atoms with Gasteiger partial charge in [-0.25, -0.2) is 0 Å². The molecule has 4 saturated carbocycles. The molecule has 6 N–H and O–H groups in total. The average molecular weight is 635 g/mol. The lowest BCUT2D eigenvalue weighted by Crippen LogP contribution is -2.69. The van der Waals surface area contributed by atoms with Gasteiger partial charge in [0, 0.05) is 0 Å². The Morgan fingerprint density at radius 1 is 0.844 bits per heavy atom. The molecule has 6 rings (SSSR count). The summed E-state index contributed by atoms with van der Waals surface area (Å²) in [7, 11) is 0. The first-order chi connectivity index (χ1) is 20.8. The topological polar surface area (TPSA) is 174 Å². The minimum Gasteiger partial charge on any atom is -0.481 e. The van der Waals surface area contributed by atoms with Gasteiger partial charge in [-0.2, -0.15) is 0 Å². The van der Waals surface area contributed by atoms with Crippen LogP contribution in [0.3, 0.4) is 0 Å². The molecule has 0 amide bonds. The summed E-state index contributed by atoms with van der Waals surface area (Å²) in [5, 5.41) is 64.0. The minimum absolute atomic E-state index is 0.0325. The van der Waals surface area contributed by atoms with Gasteiger partial charge in [0.15, 0.2) is 6.29 Å². The fourth-order valence-corrected chi connectivity index (χ4v) is 12.0. The van der Waals surface area contributed by atoms with Crippen molar-refractivity contribution >= 4 is 11.9 Å². The second kappa shape index (κ2) is 10.5. The summed E-state index contributed by atoms with van der Waals surface area (Å²) in [6.45, 7) is 12.7. The van der Waals surface area contributed by atoms with Crippen molar-refractivity contribution in [2.45, 2.75) is 136 Å². The molecular formula is C35H54O10. The zero-order valence-corrected chi connectivity index (χ0v) is 27.7. The second-order valence-electron chi connectivity index (χ2n) is 17.3. The van der Waals surface area contributed by atoms with Gasteiger partial charge < -0.3 is 40.1 Å². The van der Waals surface area contributed by atoms with Crippen molar-refractivity contribution in [2.24, 2.45) is 50.2 Å². The van der Waals surface area contributed by atoms with Gasteiger partial charge >= 0.3 is 11.9 Å². The number of hydrogen-bond donors (Lipinski definition) is 6. The van der Waals surface area contributed by atoms with Crippen LogP contribution in [-0.2, 0) is 19.1 Å². The molecule has 0 aromatic heterocycles. The molecule has 5 fully saturated rings. The Morgan fingerprint density at radius 2 is 1.53 bits per heavy atom. The third kappa shape index (κ3) is 4.34. The van der Waals surface area contributed by atoms with Gasteiger partial charge in [-0.1, -0.05) is 46.3 Å². The van der Waals surface area contributed by atoms with Gasteiger partial charge in [-0.15, -0.1) is 0 Å². The second-order valence-corrected chi connectivity index (χ2v) is 17.3. The lowest BCUT2D eigenvalue weighted by molar-refractivity contribution is -0.308. The van der Waals surface area contributed by atoms with Crippen molar-refractivity contribution in [1.29, 1.82) is 0 Å². The van der Waals surface area contributed by atoms with Crippen LogP contribution in [-0.4, -0.2) is 86.0 Å². The van der Waals surface area contributed by atoms with E-state index in [-0.39, 0.29) is 40.6 Å². The van der Waals surface area contributed by atoms with Gasteiger partial charge in [0.25, 0.3) is 0 Å². The largest absolute Gasteiger partial charge is 0.481 e. The Labute approximate surface area is 266 Å². The van der Waals surface area contributed by atoms with E-state index in [9.17, 15) is 40.2 Å². The van der Waals surface area contributed by atoms with Crippen LogP contribution in [0.1, 0.15) is 99.3 Å². The quantitative estimate of drug-likeness (QED) is 0.198. The van der Waals surface area contributed by atoms with E-state index in [0.717, 1.165) is 25.7 Å². The summed E-state index contributed by atoms with van der Waals surface area (Å²) in [4.78, 5) is 26.2. The molecule has 0 unspecified atom stereocenters. The highest BCUT2D eigenvalue weighted by atomic mass is 16.7. The highest BCUT2D eigenvalue weighted by Gasteiger charge is 2.72. The smallest absolute Gasteiger partial charge is 0.312 e. The van der Waals surface area contributed by atoms with Gasteiger partial charge in [0.2, 0.25) is 0 Å². The molecule has 1 heterocycles. The molecule has 45 heavy (non-hydrogen) atoms. The van der Waals surface area contributed by atoms with Crippen LogP contribution in [0, 0.1) is 50.2 Å². The predicted molar refractivity (Wildman–Crippen MR) is 163 cm³/mol. The van der Waals surface area contributed by atoms with Crippen molar-refractivity contribution in [3.05, 3.63) is 11.6 Å². The molecular weight excluding hydrogens is 580 g/mol. The van der Waals surface area contributed by atoms with Gasteiger partial charge in [0.1, 0.15) is 23.7 Å². The Hall–Kier alpha value is -1.56. The van der Waals surface area contributed by atoms with E-state index in [4.69, 9.17) is 9.47 Å². The zero-order chi connectivity index (χ0) is 33.1. The van der Waals surface area contributed by atoms with Gasteiger partial charge in [-0.3, -0.25) is 9.59 Å². The normalized spacial score (nSPS) is 54.0. The van der Waals surface area contributed by atoms with E-state index in [0.29, 0.717) is 32.1 Å². The molecule has 0 aromatic rings. The van der Waals surface area contributed by atoms with Crippen LogP contribution in [0.2, 0.25) is 0 Å². The number of aliphatic carboxylic acids is 2. The maximum absolute atomic E-state index is 13.2. The Balaban J connectivity index is 1.36. The number of aliphatic hydroxyl groups is 4. The van der Waals surface area contributed by atoms with Crippen molar-refractivity contribution in [1.82, 2.24) is 0 Å². The molecule has 10 nitrogen and oxygen atoms in total. The molecule has 0 radical (unpaired) electrons. The Kier molecular flexibility index (Phi) is 7.76. The highest BCUT2D eigenvalue weighted by molar-refractivity contribution is 5.78. The zero-order valence-electron chi connectivity index (χ0n) is 27.7. The number of fused-ring (bicyclic) bond motifs is 7. The van der Waals surface area contributed by atoms with Crippen molar-refractivity contribution < 1.29 is 49.7 Å². The van der Waals surface area contributed by atoms with Crippen LogP contribution in [0.25, 0.3) is 0 Å². The van der Waals surface area contributed by atoms with Crippen LogP contribution in [0.5, 0.6) is 0 Å². The summed E-state index contributed by atoms with van der Waals surface area (Å²) >= 11 is 0. The molecule has 10 heteroatoms. The monoisotopic (exact) mass is 634 g/mol. The van der Waals surface area contributed by atoms with Crippen LogP contribution < -0.4 is 0 Å². The summed E-state index contributed by atoms with van der Waals surface area (Å²) in [5.41, 5.74) is -2.44. The Morgan fingerprint density at radius 3 is 2.18 bits per heavy atom. The number of aliphatic hydroxyl groups excluding tert-OH is 4. The number of ether oxygens (including phenoxy) is 2. The third-order valence-electron chi connectivity index (χ3n) is 14.9. The summed E-state index contributed by atoms with van der Waals surface area (Å²) in [6, 6.07) is 0. The van der Waals surface area contributed by atoms with Crippen LogP contribution in [0.15, 0.2) is 11.6 Å². The first-order valence-corrected chi connectivity index (χ1v) is 17.0. The van der Waals surface area contributed by atoms with Crippen molar-refractivity contribution in [2.75, 3.05) is 6.61 Å². The standard InChI is InChI=1S/C35H54O10/c1-30(2)13-14-35(29(42)43)19(15-30)18-7-8-21-31(3)11-10-24(45-27-26(39)25(38)20(36)17-44-27)34(6,28(40)41)22(31)9-12-32(21,4)33(18,5)16-23(35)37/h7,19-27,36-39H,8-17H2,1-6H3,(H,40,41)(H,42,43)/t19-,20+,21-,22-,23+,24-,25-,26+,27-,31+,32+,33+,34-,35+/m0/s1. The van der Waals surface area contributed by atoms with E-state index in [1.807, 2.05) is 0 Å². The van der Waals surface area contributed by atoms with E-state index in [1.165, 1.54) is 5.57 Å². The number of allylic oxidation sites excluding steroid dienone is 2. The number of hydrogen-bond acceptors (Lipinski definition) is 8. The summed E-state index contributed by atoms with van der Waals surface area (Å²) < 4.78 is 11.7. The van der Waals surface area contributed by atoms with Crippen LogP contribution in [0.4, 0.5) is 0 Å². The molecule has 0 bridgehead atoms. The first kappa shape index (κ1) is 33.3. The van der Waals surface area contributed by atoms with Gasteiger partial charge in [-0.05, 0) is 104 Å². The fourth-order valence-electron chi connectivity index (χ4n) is 12.0. The fraction of sp³-hybridized carbons (Fsp3) is 0.886. The predicted octanol–water partition coefficient (Wildman–Crippen LogP) is 3.73. The molecule has 6 aliphatic rings. The molecule has 254 valence electrons. The number of carboxylic acid groups (broad SMARTS) is 2. The van der Waals surface area contributed by atoms with E-state index >= 15 is 0 Å². The molecule has 0 spiro atoms. The van der Waals surface area contributed by atoms with E-state index < -0.39 is 65.0 Å². The van der Waals surface area contributed by atoms with Crippen molar-refractivity contribution in [3.8, 4) is 0 Å². The van der Waals surface area contributed by atoms with Crippen LogP contribution >= 0.6 is 0 Å². The molecule has 14 atom stereocenters. The Bertz CT molecular complexity index is 1260. The number of carboxylic acids is 2. The molecule has 1 aliphatic heterocycles. The first-order valence-electron chi connectivity index (χ1n) is 17.0. The van der Waals surface area contributed by atoms with Gasteiger partial charge in [0.05, 0.1) is 24.2 Å². The van der Waals surface area contributed by atoms with Crippen molar-refractivity contribution in [3.63, 3.8) is 0 Å².